The minimum absolute atomic E-state index is 0.250. The molecule has 2 aromatic carbocycles. The van der Waals surface area contributed by atoms with Crippen molar-refractivity contribution in [2.24, 2.45) is 0 Å². The number of hydrazine groups is 1. The third-order valence-electron chi connectivity index (χ3n) is 6.01. The lowest BCUT2D eigenvalue weighted by atomic mass is 10.0. The molecule has 37 heavy (non-hydrogen) atoms. The topological polar surface area (TPSA) is 76.5 Å². The van der Waals surface area contributed by atoms with Gasteiger partial charge in [-0.3, -0.25) is 15.0 Å². The van der Waals surface area contributed by atoms with Crippen LogP contribution in [0.5, 0.6) is 0 Å². The summed E-state index contributed by atoms with van der Waals surface area (Å²) in [5.74, 6) is 5.51. The Balaban J connectivity index is 1.67. The van der Waals surface area contributed by atoms with E-state index in [1.807, 2.05) is 36.2 Å². The zero-order valence-corrected chi connectivity index (χ0v) is 22.3. The fourth-order valence-electron chi connectivity index (χ4n) is 4.20. The molecule has 0 saturated carbocycles. The highest BCUT2D eigenvalue weighted by Crippen LogP contribution is 2.33. The van der Waals surface area contributed by atoms with E-state index >= 15 is 0 Å². The normalized spacial score (nSPS) is 13.5. The molecule has 0 aliphatic carbocycles. The van der Waals surface area contributed by atoms with Gasteiger partial charge >= 0.3 is 5.97 Å². The van der Waals surface area contributed by atoms with Crippen LogP contribution >= 0.6 is 23.2 Å². The van der Waals surface area contributed by atoms with Gasteiger partial charge in [-0.2, -0.15) is 5.10 Å². The average Bonchev–Trinajstić information content (AvgIpc) is 3.21. The van der Waals surface area contributed by atoms with Crippen LogP contribution in [0, 0.1) is 18.8 Å². The van der Waals surface area contributed by atoms with Crippen LogP contribution in [-0.2, 0) is 9.53 Å². The van der Waals surface area contributed by atoms with Crippen LogP contribution in [0.4, 0.5) is 0 Å². The van der Waals surface area contributed by atoms with E-state index in [0.29, 0.717) is 27.8 Å². The van der Waals surface area contributed by atoms with E-state index in [1.165, 1.54) is 13.3 Å². The van der Waals surface area contributed by atoms with E-state index in [9.17, 15) is 9.59 Å². The molecular weight excluding hydrogens is 511 g/mol. The molecule has 0 bridgehead atoms. The van der Waals surface area contributed by atoms with Gasteiger partial charge in [0.2, 0.25) is 0 Å². The minimum atomic E-state index is -0.317. The van der Waals surface area contributed by atoms with Crippen LogP contribution in [0.15, 0.2) is 42.5 Å². The van der Waals surface area contributed by atoms with E-state index in [2.05, 4.69) is 17.3 Å². The lowest BCUT2D eigenvalue weighted by Gasteiger charge is -2.26. The molecule has 1 aromatic heterocycles. The number of rotatable bonds is 6. The van der Waals surface area contributed by atoms with Crippen LogP contribution in [-0.4, -0.2) is 46.4 Å². The Bertz CT molecular complexity index is 1350. The molecule has 1 N–H and O–H groups in total. The smallest absolute Gasteiger partial charge is 0.302 e. The zero-order valence-electron chi connectivity index (χ0n) is 20.8. The number of nitrogens with one attached hydrogen (secondary N) is 1. The van der Waals surface area contributed by atoms with Crippen molar-refractivity contribution in [3.8, 4) is 28.8 Å². The lowest BCUT2D eigenvalue weighted by molar-refractivity contribution is -0.140. The Morgan fingerprint density at radius 1 is 1.08 bits per heavy atom. The zero-order chi connectivity index (χ0) is 26.4. The van der Waals surface area contributed by atoms with Gasteiger partial charge in [0.15, 0.2) is 5.69 Å². The predicted molar refractivity (Wildman–Crippen MR) is 145 cm³/mol. The maximum absolute atomic E-state index is 13.2. The number of halogens is 2. The van der Waals surface area contributed by atoms with Crippen LogP contribution in [0.3, 0.4) is 0 Å². The number of carbonyl (C=O) groups is 2. The molecule has 1 aliphatic rings. The summed E-state index contributed by atoms with van der Waals surface area (Å²) < 4.78 is 6.60. The summed E-state index contributed by atoms with van der Waals surface area (Å²) in [5.41, 5.74) is 7.13. The fourth-order valence-corrected chi connectivity index (χ4v) is 4.69. The second-order valence-corrected chi connectivity index (χ2v) is 9.63. The molecule has 7 nitrogen and oxygen atoms in total. The molecule has 1 aliphatic heterocycles. The molecule has 0 unspecified atom stereocenters. The molecule has 192 valence electrons. The van der Waals surface area contributed by atoms with Gasteiger partial charge < -0.3 is 4.74 Å². The van der Waals surface area contributed by atoms with Gasteiger partial charge in [-0.1, -0.05) is 53.6 Å². The molecule has 9 heteroatoms. The van der Waals surface area contributed by atoms with E-state index < -0.39 is 0 Å². The summed E-state index contributed by atoms with van der Waals surface area (Å²) in [6.45, 7) is 5.17. The number of hydrogen-bond acceptors (Lipinski definition) is 5. The van der Waals surface area contributed by atoms with E-state index in [0.717, 1.165) is 48.3 Å². The molecule has 0 spiro atoms. The van der Waals surface area contributed by atoms with Crippen LogP contribution in [0.2, 0.25) is 10.0 Å². The molecule has 1 fully saturated rings. The number of benzene rings is 2. The molecule has 2 heterocycles. The predicted octanol–water partition coefficient (Wildman–Crippen LogP) is 5.59. The van der Waals surface area contributed by atoms with Gasteiger partial charge in [0.1, 0.15) is 6.61 Å². The number of carbonyl (C=O) groups excluding carboxylic acids is 2. The molecule has 0 atom stereocenters. The van der Waals surface area contributed by atoms with Crippen LogP contribution in [0.1, 0.15) is 54.2 Å². The molecule has 1 saturated heterocycles. The largest absolute Gasteiger partial charge is 0.465 e. The Labute approximate surface area is 226 Å². The first-order chi connectivity index (χ1) is 17.8. The highest BCUT2D eigenvalue weighted by atomic mass is 35.5. The molecule has 4 rings (SSSR count). The number of hydrogen-bond donors (Lipinski definition) is 1. The summed E-state index contributed by atoms with van der Waals surface area (Å²) >= 11 is 12.7. The summed E-state index contributed by atoms with van der Waals surface area (Å²) in [7, 11) is 0. The van der Waals surface area contributed by atoms with E-state index in [-0.39, 0.29) is 18.5 Å². The van der Waals surface area contributed by atoms with Gasteiger partial charge in [0, 0.05) is 48.1 Å². The Kier molecular flexibility index (Phi) is 8.88. The highest BCUT2D eigenvalue weighted by Gasteiger charge is 2.24. The number of ether oxygens (including phenoxy) is 1. The number of amides is 1. The maximum atomic E-state index is 13.2. The molecule has 3 aromatic rings. The maximum Gasteiger partial charge on any atom is 0.302 e. The van der Waals surface area contributed by atoms with Crippen molar-refractivity contribution in [3.05, 3.63) is 69.3 Å². The molecule has 1 amide bonds. The summed E-state index contributed by atoms with van der Waals surface area (Å²) in [5, 5.41) is 7.59. The lowest BCUT2D eigenvalue weighted by Crippen LogP contribution is -2.45. The Morgan fingerprint density at radius 3 is 2.49 bits per heavy atom. The standard InChI is InChI=1S/C28H28Cl2N4O3/c1-19-26(28(36)32-33-15-5-3-6-16-33)31-34(25-14-13-23(29)18-24(25)30)27(19)22-11-9-21(10-12-22)8-4-7-17-37-20(2)35/h9-14,18H,3,5-7,15-17H2,1-2H3,(H,32,36). The third kappa shape index (κ3) is 6.72. The fraction of sp³-hybridized carbons (Fsp3) is 0.321. The highest BCUT2D eigenvalue weighted by molar-refractivity contribution is 6.35. The Morgan fingerprint density at radius 2 is 1.81 bits per heavy atom. The SMILES string of the molecule is CC(=O)OCCC#Cc1ccc(-c2c(C)c(C(=O)NN3CCCCC3)nn2-c2ccc(Cl)cc2Cl)cc1. The van der Waals surface area contributed by atoms with Gasteiger partial charge in [-0.05, 0) is 50.1 Å². The van der Waals surface area contributed by atoms with E-state index in [1.54, 1.807) is 22.9 Å². The second kappa shape index (κ2) is 12.3. The van der Waals surface area contributed by atoms with Gasteiger partial charge in [0.05, 0.1) is 16.4 Å². The first-order valence-electron chi connectivity index (χ1n) is 12.2. The summed E-state index contributed by atoms with van der Waals surface area (Å²) in [6, 6.07) is 12.9. The monoisotopic (exact) mass is 538 g/mol. The van der Waals surface area contributed by atoms with Crippen molar-refractivity contribution in [3.63, 3.8) is 0 Å². The Hall–Kier alpha value is -3.31. The summed E-state index contributed by atoms with van der Waals surface area (Å²) in [4.78, 5) is 24.1. The first-order valence-corrected chi connectivity index (χ1v) is 12.9. The van der Waals surface area contributed by atoms with Gasteiger partial charge in [-0.25, -0.2) is 9.69 Å². The third-order valence-corrected chi connectivity index (χ3v) is 6.55. The van der Waals surface area contributed by atoms with Gasteiger partial charge in [-0.15, -0.1) is 0 Å². The second-order valence-electron chi connectivity index (χ2n) is 8.79. The van der Waals surface area contributed by atoms with Crippen molar-refractivity contribution in [1.29, 1.82) is 0 Å². The number of esters is 1. The van der Waals surface area contributed by atoms with Gasteiger partial charge in [0.25, 0.3) is 5.91 Å². The number of piperidine rings is 1. The van der Waals surface area contributed by atoms with Crippen LogP contribution in [0.25, 0.3) is 16.9 Å². The van der Waals surface area contributed by atoms with Crippen molar-refractivity contribution in [2.75, 3.05) is 19.7 Å². The van der Waals surface area contributed by atoms with Crippen molar-refractivity contribution in [2.45, 2.75) is 39.5 Å². The average molecular weight is 539 g/mol. The molecule has 0 radical (unpaired) electrons. The summed E-state index contributed by atoms with van der Waals surface area (Å²) in [6.07, 6.45) is 3.74. The minimum Gasteiger partial charge on any atom is -0.465 e. The number of aromatic nitrogens is 2. The molecular formula is C28H28Cl2N4O3. The quantitative estimate of drug-likeness (QED) is 0.251. The van der Waals surface area contributed by atoms with E-state index in [4.69, 9.17) is 33.0 Å². The van der Waals surface area contributed by atoms with Crippen molar-refractivity contribution >= 4 is 35.1 Å². The first kappa shape index (κ1) is 26.7. The van der Waals surface area contributed by atoms with Crippen molar-refractivity contribution in [1.82, 2.24) is 20.2 Å². The van der Waals surface area contributed by atoms with Crippen LogP contribution < -0.4 is 5.43 Å². The van der Waals surface area contributed by atoms with Crippen molar-refractivity contribution < 1.29 is 14.3 Å². The number of nitrogens with zero attached hydrogens (tertiary/aromatic N) is 3.